The summed E-state index contributed by atoms with van der Waals surface area (Å²) in [5.74, 6) is 1.77. The second-order valence-corrected chi connectivity index (χ2v) is 4.40. The summed E-state index contributed by atoms with van der Waals surface area (Å²) < 4.78 is 5.93. The summed E-state index contributed by atoms with van der Waals surface area (Å²) in [5.41, 5.74) is 1.26. The van der Waals surface area contributed by atoms with Gasteiger partial charge in [0.2, 0.25) is 0 Å². The summed E-state index contributed by atoms with van der Waals surface area (Å²) in [6, 6.07) is 22.4. The molecule has 0 N–H and O–H groups in total. The van der Waals surface area contributed by atoms with E-state index in [9.17, 15) is 0 Å². The maximum atomic E-state index is 5.93. The SMILES string of the molecule is Cc1ccc2c(Oc3ccccc3)cccc2c1. The van der Waals surface area contributed by atoms with Gasteiger partial charge in [-0.05, 0) is 30.5 Å². The third kappa shape index (κ3) is 2.07. The summed E-state index contributed by atoms with van der Waals surface area (Å²) in [5, 5.41) is 2.36. The first kappa shape index (κ1) is 10.8. The lowest BCUT2D eigenvalue weighted by molar-refractivity contribution is 0.488. The molecule has 0 atom stereocenters. The number of benzene rings is 3. The fraction of sp³-hybridized carbons (Fsp3) is 0.0588. The van der Waals surface area contributed by atoms with Gasteiger partial charge in [-0.3, -0.25) is 0 Å². The maximum absolute atomic E-state index is 5.93. The summed E-state index contributed by atoms with van der Waals surface area (Å²) in [4.78, 5) is 0. The van der Waals surface area contributed by atoms with Crippen molar-refractivity contribution in [1.82, 2.24) is 0 Å². The standard InChI is InChI=1S/C17H14O/c1-13-10-11-16-14(12-13)6-5-9-17(16)18-15-7-3-2-4-8-15/h2-12H,1H3. The van der Waals surface area contributed by atoms with Crippen LogP contribution >= 0.6 is 0 Å². The topological polar surface area (TPSA) is 9.23 Å². The second kappa shape index (κ2) is 4.53. The minimum Gasteiger partial charge on any atom is -0.457 e. The molecule has 0 saturated carbocycles. The van der Waals surface area contributed by atoms with Crippen molar-refractivity contribution in [2.24, 2.45) is 0 Å². The molecule has 0 saturated heterocycles. The molecule has 18 heavy (non-hydrogen) atoms. The van der Waals surface area contributed by atoms with Gasteiger partial charge in [0.05, 0.1) is 0 Å². The van der Waals surface area contributed by atoms with E-state index in [0.29, 0.717) is 0 Å². The molecular formula is C17H14O. The highest BCUT2D eigenvalue weighted by Crippen LogP contribution is 2.30. The van der Waals surface area contributed by atoms with Crippen molar-refractivity contribution in [2.75, 3.05) is 0 Å². The number of ether oxygens (including phenoxy) is 1. The number of para-hydroxylation sites is 1. The van der Waals surface area contributed by atoms with Gasteiger partial charge in [0, 0.05) is 5.39 Å². The van der Waals surface area contributed by atoms with Gasteiger partial charge in [0.15, 0.2) is 0 Å². The van der Waals surface area contributed by atoms with Crippen LogP contribution in [0.2, 0.25) is 0 Å². The van der Waals surface area contributed by atoms with E-state index in [4.69, 9.17) is 4.74 Å². The van der Waals surface area contributed by atoms with E-state index in [2.05, 4.69) is 31.2 Å². The van der Waals surface area contributed by atoms with Gasteiger partial charge in [0.1, 0.15) is 11.5 Å². The van der Waals surface area contributed by atoms with Gasteiger partial charge in [-0.15, -0.1) is 0 Å². The van der Waals surface area contributed by atoms with Crippen LogP contribution in [0.25, 0.3) is 10.8 Å². The Morgan fingerprint density at radius 3 is 2.44 bits per heavy atom. The molecule has 0 aliphatic carbocycles. The van der Waals surface area contributed by atoms with Gasteiger partial charge in [0.25, 0.3) is 0 Å². The molecule has 0 amide bonds. The number of fused-ring (bicyclic) bond motifs is 1. The molecule has 0 radical (unpaired) electrons. The molecule has 1 heteroatoms. The fourth-order valence-electron chi connectivity index (χ4n) is 2.08. The first-order valence-electron chi connectivity index (χ1n) is 6.05. The molecule has 0 aliphatic rings. The number of hydrogen-bond acceptors (Lipinski definition) is 1. The quantitative estimate of drug-likeness (QED) is 0.610. The van der Waals surface area contributed by atoms with Gasteiger partial charge in [-0.25, -0.2) is 0 Å². The smallest absolute Gasteiger partial charge is 0.135 e. The first-order chi connectivity index (χ1) is 8.83. The normalized spacial score (nSPS) is 10.5. The molecule has 3 aromatic rings. The highest BCUT2D eigenvalue weighted by molar-refractivity contribution is 5.89. The highest BCUT2D eigenvalue weighted by Gasteiger charge is 2.02. The predicted molar refractivity (Wildman–Crippen MR) is 75.2 cm³/mol. The van der Waals surface area contributed by atoms with Crippen LogP contribution in [0.15, 0.2) is 66.7 Å². The average Bonchev–Trinajstić information content (AvgIpc) is 2.40. The Bertz CT molecular complexity index is 672. The second-order valence-electron chi connectivity index (χ2n) is 4.40. The molecule has 88 valence electrons. The van der Waals surface area contributed by atoms with E-state index in [1.807, 2.05) is 42.5 Å². The van der Waals surface area contributed by atoms with Crippen LogP contribution in [0, 0.1) is 6.92 Å². The van der Waals surface area contributed by atoms with E-state index < -0.39 is 0 Å². The predicted octanol–water partition coefficient (Wildman–Crippen LogP) is 4.94. The van der Waals surface area contributed by atoms with Gasteiger partial charge < -0.3 is 4.74 Å². The Morgan fingerprint density at radius 2 is 1.61 bits per heavy atom. The Balaban J connectivity index is 2.07. The summed E-state index contributed by atoms with van der Waals surface area (Å²) in [7, 11) is 0. The summed E-state index contributed by atoms with van der Waals surface area (Å²) in [6.45, 7) is 2.10. The molecule has 0 heterocycles. The van der Waals surface area contributed by atoms with Crippen LogP contribution in [0.4, 0.5) is 0 Å². The van der Waals surface area contributed by atoms with Crippen molar-refractivity contribution in [3.05, 3.63) is 72.3 Å². The Kier molecular flexibility index (Phi) is 2.73. The van der Waals surface area contributed by atoms with Crippen LogP contribution < -0.4 is 4.74 Å². The molecule has 0 fully saturated rings. The zero-order valence-electron chi connectivity index (χ0n) is 10.3. The third-order valence-electron chi connectivity index (χ3n) is 2.97. The minimum atomic E-state index is 0.866. The van der Waals surface area contributed by atoms with E-state index in [1.54, 1.807) is 0 Å². The van der Waals surface area contributed by atoms with Crippen molar-refractivity contribution >= 4 is 10.8 Å². The van der Waals surface area contributed by atoms with Crippen LogP contribution in [-0.2, 0) is 0 Å². The first-order valence-corrected chi connectivity index (χ1v) is 6.05. The van der Waals surface area contributed by atoms with Crippen molar-refractivity contribution in [2.45, 2.75) is 6.92 Å². The monoisotopic (exact) mass is 234 g/mol. The lowest BCUT2D eigenvalue weighted by Gasteiger charge is -2.09. The third-order valence-corrected chi connectivity index (χ3v) is 2.97. The zero-order valence-corrected chi connectivity index (χ0v) is 10.3. The maximum Gasteiger partial charge on any atom is 0.135 e. The number of aryl methyl sites for hydroxylation is 1. The van der Waals surface area contributed by atoms with Crippen molar-refractivity contribution in [3.8, 4) is 11.5 Å². The molecule has 3 aromatic carbocycles. The van der Waals surface area contributed by atoms with E-state index in [0.717, 1.165) is 16.9 Å². The van der Waals surface area contributed by atoms with E-state index >= 15 is 0 Å². The molecule has 1 nitrogen and oxygen atoms in total. The largest absolute Gasteiger partial charge is 0.457 e. The van der Waals surface area contributed by atoms with Gasteiger partial charge in [-0.2, -0.15) is 0 Å². The van der Waals surface area contributed by atoms with E-state index in [1.165, 1.54) is 10.9 Å². The fourth-order valence-corrected chi connectivity index (χ4v) is 2.08. The molecule has 0 aromatic heterocycles. The van der Waals surface area contributed by atoms with Gasteiger partial charge >= 0.3 is 0 Å². The number of hydrogen-bond donors (Lipinski definition) is 0. The Morgan fingerprint density at radius 1 is 0.778 bits per heavy atom. The lowest BCUT2D eigenvalue weighted by atomic mass is 10.1. The lowest BCUT2D eigenvalue weighted by Crippen LogP contribution is -1.85. The molecule has 0 spiro atoms. The molecular weight excluding hydrogens is 220 g/mol. The average molecular weight is 234 g/mol. The Hall–Kier alpha value is -2.28. The van der Waals surface area contributed by atoms with Gasteiger partial charge in [-0.1, -0.05) is 54.1 Å². The highest BCUT2D eigenvalue weighted by atomic mass is 16.5. The van der Waals surface area contributed by atoms with Crippen molar-refractivity contribution in [3.63, 3.8) is 0 Å². The van der Waals surface area contributed by atoms with Crippen LogP contribution in [0.5, 0.6) is 11.5 Å². The van der Waals surface area contributed by atoms with Crippen LogP contribution in [0.3, 0.4) is 0 Å². The minimum absolute atomic E-state index is 0.866. The molecule has 3 rings (SSSR count). The van der Waals surface area contributed by atoms with Crippen molar-refractivity contribution in [1.29, 1.82) is 0 Å². The van der Waals surface area contributed by atoms with Crippen LogP contribution in [0.1, 0.15) is 5.56 Å². The Labute approximate surface area is 107 Å². The van der Waals surface area contributed by atoms with E-state index in [-0.39, 0.29) is 0 Å². The molecule has 0 bridgehead atoms. The summed E-state index contributed by atoms with van der Waals surface area (Å²) >= 11 is 0. The number of rotatable bonds is 2. The van der Waals surface area contributed by atoms with Crippen LogP contribution in [-0.4, -0.2) is 0 Å². The zero-order chi connectivity index (χ0) is 12.4. The molecule has 0 aliphatic heterocycles. The molecule has 0 unspecified atom stereocenters. The summed E-state index contributed by atoms with van der Waals surface area (Å²) in [6.07, 6.45) is 0. The van der Waals surface area contributed by atoms with Crippen molar-refractivity contribution < 1.29 is 4.74 Å².